The molecule has 3 nitrogen and oxygen atoms in total. The summed E-state index contributed by atoms with van der Waals surface area (Å²) in [7, 11) is 0. The second-order valence-corrected chi connectivity index (χ2v) is 6.92. The second kappa shape index (κ2) is 5.44. The van der Waals surface area contributed by atoms with Gasteiger partial charge in [0.15, 0.2) is 0 Å². The van der Waals surface area contributed by atoms with Gasteiger partial charge in [0.25, 0.3) is 0 Å². The van der Waals surface area contributed by atoms with Crippen molar-refractivity contribution in [3.63, 3.8) is 0 Å². The highest BCUT2D eigenvalue weighted by Gasteiger charge is 2.57. The van der Waals surface area contributed by atoms with E-state index in [0.29, 0.717) is 12.3 Å². The molecule has 0 amide bonds. The third kappa shape index (κ3) is 2.47. The summed E-state index contributed by atoms with van der Waals surface area (Å²) in [4.78, 5) is 0. The number of benzene rings is 1. The average molecular weight is 285 g/mol. The Morgan fingerprint density at radius 2 is 2.05 bits per heavy atom. The molecule has 0 aliphatic carbocycles. The van der Waals surface area contributed by atoms with E-state index in [0.717, 1.165) is 24.8 Å². The summed E-state index contributed by atoms with van der Waals surface area (Å²) in [5, 5.41) is 20.4. The van der Waals surface area contributed by atoms with Crippen molar-refractivity contribution in [1.29, 1.82) is 5.26 Å². The van der Waals surface area contributed by atoms with E-state index in [-0.39, 0.29) is 12.2 Å². The summed E-state index contributed by atoms with van der Waals surface area (Å²) >= 11 is 0. The first-order valence-electron chi connectivity index (χ1n) is 7.89. The number of aliphatic hydroxyl groups excluding tert-OH is 1. The Morgan fingerprint density at radius 1 is 1.33 bits per heavy atom. The molecule has 0 saturated carbocycles. The Hall–Kier alpha value is -1.37. The van der Waals surface area contributed by atoms with E-state index in [1.807, 2.05) is 12.1 Å². The van der Waals surface area contributed by atoms with Crippen LogP contribution in [0.5, 0.6) is 0 Å². The van der Waals surface area contributed by atoms with Crippen molar-refractivity contribution in [3.05, 3.63) is 35.4 Å². The van der Waals surface area contributed by atoms with Gasteiger partial charge in [0.2, 0.25) is 0 Å². The van der Waals surface area contributed by atoms with Crippen LogP contribution in [0, 0.1) is 22.7 Å². The lowest BCUT2D eigenvalue weighted by atomic mass is 9.69. The molecular weight excluding hydrogens is 262 g/mol. The fourth-order valence-corrected chi connectivity index (χ4v) is 3.81. The average Bonchev–Trinajstić information content (AvgIpc) is 3.07. The van der Waals surface area contributed by atoms with Crippen molar-refractivity contribution in [2.75, 3.05) is 0 Å². The van der Waals surface area contributed by atoms with Crippen LogP contribution < -0.4 is 0 Å². The maximum Gasteiger partial charge on any atom is 0.116 e. The van der Waals surface area contributed by atoms with Crippen molar-refractivity contribution in [3.8, 4) is 6.07 Å². The minimum atomic E-state index is -0.761. The summed E-state index contributed by atoms with van der Waals surface area (Å²) in [6, 6.07) is 10.4. The third-order valence-electron chi connectivity index (χ3n) is 4.88. The highest BCUT2D eigenvalue weighted by atomic mass is 16.5. The first-order valence-corrected chi connectivity index (χ1v) is 7.89. The molecule has 3 rings (SSSR count). The number of fused-ring (bicyclic) bond motifs is 2. The van der Waals surface area contributed by atoms with E-state index in [2.05, 4.69) is 32.0 Å². The normalized spacial score (nSPS) is 32.3. The number of hydrogen-bond acceptors (Lipinski definition) is 3. The minimum absolute atomic E-state index is 0.113. The summed E-state index contributed by atoms with van der Waals surface area (Å²) in [6.45, 7) is 4.39. The van der Waals surface area contributed by atoms with E-state index < -0.39 is 11.5 Å². The highest BCUT2D eigenvalue weighted by molar-refractivity contribution is 5.29. The molecule has 1 N–H and O–H groups in total. The van der Waals surface area contributed by atoms with Gasteiger partial charge in [0.1, 0.15) is 11.5 Å². The fraction of sp³-hybridized carbons (Fsp3) is 0.611. The Kier molecular flexibility index (Phi) is 3.77. The van der Waals surface area contributed by atoms with Crippen molar-refractivity contribution in [1.82, 2.24) is 0 Å². The molecule has 2 heterocycles. The van der Waals surface area contributed by atoms with Crippen molar-refractivity contribution >= 4 is 0 Å². The van der Waals surface area contributed by atoms with Gasteiger partial charge in [-0.05, 0) is 42.7 Å². The Morgan fingerprint density at radius 3 is 2.52 bits per heavy atom. The first-order chi connectivity index (χ1) is 10.0. The Labute approximate surface area is 126 Å². The maximum atomic E-state index is 10.8. The van der Waals surface area contributed by atoms with Crippen LogP contribution in [-0.2, 0) is 11.2 Å². The summed E-state index contributed by atoms with van der Waals surface area (Å²) in [5.74, 6) is 0.616. The number of rotatable bonds is 4. The number of nitriles is 1. The van der Waals surface area contributed by atoms with Gasteiger partial charge < -0.3 is 9.84 Å². The van der Waals surface area contributed by atoms with Crippen LogP contribution in [0.25, 0.3) is 0 Å². The Balaban J connectivity index is 1.81. The van der Waals surface area contributed by atoms with Crippen LogP contribution in [0.3, 0.4) is 0 Å². The molecule has 4 atom stereocenters. The maximum absolute atomic E-state index is 10.8. The van der Waals surface area contributed by atoms with Crippen LogP contribution in [0.2, 0.25) is 0 Å². The van der Waals surface area contributed by atoms with Crippen molar-refractivity contribution in [2.24, 2.45) is 11.3 Å². The molecule has 0 radical (unpaired) electrons. The smallest absolute Gasteiger partial charge is 0.116 e. The molecule has 1 aromatic carbocycles. The van der Waals surface area contributed by atoms with Gasteiger partial charge in [0, 0.05) is 0 Å². The standard InChI is InChI=1S/C18H23NO2/c1-12(2)9-13-3-5-14(6-4-13)17(20)18(11-19)10-15-7-8-16(18)21-15/h3-6,12,15-17,20H,7-10H2,1-2H3. The molecule has 2 bridgehead atoms. The topological polar surface area (TPSA) is 53.2 Å². The zero-order valence-corrected chi connectivity index (χ0v) is 12.7. The van der Waals surface area contributed by atoms with Gasteiger partial charge in [0.05, 0.1) is 18.3 Å². The monoisotopic (exact) mass is 285 g/mol. The highest BCUT2D eigenvalue weighted by Crippen LogP contribution is 2.53. The second-order valence-electron chi connectivity index (χ2n) is 6.92. The van der Waals surface area contributed by atoms with E-state index >= 15 is 0 Å². The van der Waals surface area contributed by atoms with Gasteiger partial charge in [-0.3, -0.25) is 0 Å². The number of nitrogens with zero attached hydrogens (tertiary/aromatic N) is 1. The molecular formula is C18H23NO2. The number of ether oxygens (including phenoxy) is 1. The van der Waals surface area contributed by atoms with E-state index in [4.69, 9.17) is 4.74 Å². The first kappa shape index (κ1) is 14.6. The zero-order valence-electron chi connectivity index (χ0n) is 12.7. The molecule has 2 saturated heterocycles. The predicted octanol–water partition coefficient (Wildman–Crippen LogP) is 3.38. The molecule has 4 unspecified atom stereocenters. The molecule has 2 aliphatic rings. The third-order valence-corrected chi connectivity index (χ3v) is 4.88. The lowest BCUT2D eigenvalue weighted by Gasteiger charge is -2.33. The molecule has 2 aliphatic heterocycles. The number of aliphatic hydroxyl groups is 1. The quantitative estimate of drug-likeness (QED) is 0.922. The number of hydrogen-bond donors (Lipinski definition) is 1. The fourth-order valence-electron chi connectivity index (χ4n) is 3.81. The Bertz CT molecular complexity index is 545. The molecule has 0 spiro atoms. The van der Waals surface area contributed by atoms with Gasteiger partial charge in [-0.1, -0.05) is 38.1 Å². The summed E-state index contributed by atoms with van der Waals surface area (Å²) in [6.07, 6.45) is 2.89. The van der Waals surface area contributed by atoms with Crippen LogP contribution in [0.15, 0.2) is 24.3 Å². The van der Waals surface area contributed by atoms with Crippen LogP contribution >= 0.6 is 0 Å². The molecule has 2 fully saturated rings. The lowest BCUT2D eigenvalue weighted by molar-refractivity contribution is 0.00341. The van der Waals surface area contributed by atoms with E-state index in [1.54, 1.807) is 0 Å². The largest absolute Gasteiger partial charge is 0.387 e. The predicted molar refractivity (Wildman–Crippen MR) is 80.5 cm³/mol. The zero-order chi connectivity index (χ0) is 15.0. The summed E-state index contributed by atoms with van der Waals surface area (Å²) < 4.78 is 5.82. The van der Waals surface area contributed by atoms with Crippen LogP contribution in [0.4, 0.5) is 0 Å². The van der Waals surface area contributed by atoms with Gasteiger partial charge in [-0.15, -0.1) is 0 Å². The van der Waals surface area contributed by atoms with Gasteiger partial charge in [-0.2, -0.15) is 5.26 Å². The summed E-state index contributed by atoms with van der Waals surface area (Å²) in [5.41, 5.74) is 1.35. The SMILES string of the molecule is CC(C)Cc1ccc(C(O)C2(C#N)CC3CCC2O3)cc1. The molecule has 21 heavy (non-hydrogen) atoms. The van der Waals surface area contributed by atoms with Crippen LogP contribution in [-0.4, -0.2) is 17.3 Å². The van der Waals surface area contributed by atoms with Crippen LogP contribution in [0.1, 0.15) is 50.3 Å². The minimum Gasteiger partial charge on any atom is -0.387 e. The molecule has 112 valence electrons. The van der Waals surface area contributed by atoms with E-state index in [1.165, 1.54) is 5.56 Å². The van der Waals surface area contributed by atoms with Crippen molar-refractivity contribution in [2.45, 2.75) is 57.8 Å². The van der Waals surface area contributed by atoms with Crippen molar-refractivity contribution < 1.29 is 9.84 Å². The van der Waals surface area contributed by atoms with E-state index in [9.17, 15) is 10.4 Å². The molecule has 0 aromatic heterocycles. The lowest BCUT2D eigenvalue weighted by Crippen LogP contribution is -2.37. The van der Waals surface area contributed by atoms with Gasteiger partial charge in [-0.25, -0.2) is 0 Å². The molecule has 3 heteroatoms. The van der Waals surface area contributed by atoms with Gasteiger partial charge >= 0.3 is 0 Å². The molecule has 1 aromatic rings.